The number of hydrogen-bond acceptors (Lipinski definition) is 3. The SMILES string of the molecule is CC1(C)CCCCC1c1nnc(CCCCl)o1. The van der Waals surface area contributed by atoms with Gasteiger partial charge in [-0.1, -0.05) is 26.7 Å². The average Bonchev–Trinajstić information content (AvgIpc) is 2.74. The predicted octanol–water partition coefficient (Wildman–Crippen LogP) is 3.92. The Morgan fingerprint density at radius 1 is 1.35 bits per heavy atom. The van der Waals surface area contributed by atoms with Crippen molar-refractivity contribution >= 4 is 11.6 Å². The van der Waals surface area contributed by atoms with Crippen LogP contribution in [-0.4, -0.2) is 16.1 Å². The summed E-state index contributed by atoms with van der Waals surface area (Å²) >= 11 is 5.66. The monoisotopic (exact) mass is 256 g/mol. The standard InChI is InChI=1S/C13H21ClN2O/c1-13(2)8-4-3-6-10(13)12-16-15-11(17-12)7-5-9-14/h10H,3-9H2,1-2H3. The lowest BCUT2D eigenvalue weighted by Gasteiger charge is -2.36. The molecule has 3 nitrogen and oxygen atoms in total. The molecule has 1 aromatic rings. The van der Waals surface area contributed by atoms with Crippen LogP contribution in [0, 0.1) is 5.41 Å². The number of hydrogen-bond donors (Lipinski definition) is 0. The highest BCUT2D eigenvalue weighted by Gasteiger charge is 2.36. The Kier molecular flexibility index (Phi) is 4.08. The van der Waals surface area contributed by atoms with Gasteiger partial charge in [0.05, 0.1) is 0 Å². The first-order chi connectivity index (χ1) is 8.13. The fourth-order valence-electron chi connectivity index (χ4n) is 2.68. The average molecular weight is 257 g/mol. The number of nitrogens with zero attached hydrogens (tertiary/aromatic N) is 2. The summed E-state index contributed by atoms with van der Waals surface area (Å²) in [5.41, 5.74) is 0.286. The Morgan fingerprint density at radius 3 is 2.88 bits per heavy atom. The van der Waals surface area contributed by atoms with Crippen molar-refractivity contribution in [1.82, 2.24) is 10.2 Å². The van der Waals surface area contributed by atoms with Crippen LogP contribution < -0.4 is 0 Å². The van der Waals surface area contributed by atoms with E-state index in [9.17, 15) is 0 Å². The molecule has 0 radical (unpaired) electrons. The van der Waals surface area contributed by atoms with Crippen molar-refractivity contribution in [3.05, 3.63) is 11.8 Å². The molecule has 17 heavy (non-hydrogen) atoms. The van der Waals surface area contributed by atoms with Crippen LogP contribution in [0.25, 0.3) is 0 Å². The highest BCUT2D eigenvalue weighted by Crippen LogP contribution is 2.46. The van der Waals surface area contributed by atoms with Crippen molar-refractivity contribution in [2.24, 2.45) is 5.41 Å². The van der Waals surface area contributed by atoms with Gasteiger partial charge in [-0.05, 0) is 24.7 Å². The molecule has 1 aromatic heterocycles. The van der Waals surface area contributed by atoms with Crippen molar-refractivity contribution in [2.45, 2.75) is 58.3 Å². The molecule has 1 fully saturated rings. The maximum Gasteiger partial charge on any atom is 0.220 e. The predicted molar refractivity (Wildman–Crippen MR) is 68.3 cm³/mol. The largest absolute Gasteiger partial charge is 0.425 e. The van der Waals surface area contributed by atoms with Gasteiger partial charge in [0, 0.05) is 18.2 Å². The smallest absolute Gasteiger partial charge is 0.220 e. The van der Waals surface area contributed by atoms with Crippen molar-refractivity contribution in [2.75, 3.05) is 5.88 Å². The van der Waals surface area contributed by atoms with Crippen LogP contribution >= 0.6 is 11.6 Å². The molecule has 96 valence electrons. The van der Waals surface area contributed by atoms with E-state index in [0.29, 0.717) is 11.8 Å². The van der Waals surface area contributed by atoms with Crippen molar-refractivity contribution < 1.29 is 4.42 Å². The molecule has 1 heterocycles. The molecule has 1 unspecified atom stereocenters. The number of rotatable bonds is 4. The van der Waals surface area contributed by atoms with Crippen LogP contribution in [0.15, 0.2) is 4.42 Å². The van der Waals surface area contributed by atoms with Gasteiger partial charge in [0.2, 0.25) is 11.8 Å². The molecular formula is C13H21ClN2O. The van der Waals surface area contributed by atoms with Gasteiger partial charge in [0.1, 0.15) is 0 Å². The van der Waals surface area contributed by atoms with E-state index < -0.39 is 0 Å². The first kappa shape index (κ1) is 12.9. The second-order valence-corrected chi connectivity index (χ2v) is 5.99. The summed E-state index contributed by atoms with van der Waals surface area (Å²) in [6, 6.07) is 0. The Bertz CT molecular complexity index is 362. The summed E-state index contributed by atoms with van der Waals surface area (Å²) < 4.78 is 5.78. The fraction of sp³-hybridized carbons (Fsp3) is 0.846. The molecule has 1 aliphatic carbocycles. The highest BCUT2D eigenvalue weighted by molar-refractivity contribution is 6.17. The van der Waals surface area contributed by atoms with Gasteiger partial charge in [-0.25, -0.2) is 0 Å². The summed E-state index contributed by atoms with van der Waals surface area (Å²) in [4.78, 5) is 0. The lowest BCUT2D eigenvalue weighted by Crippen LogP contribution is -2.26. The molecule has 0 bridgehead atoms. The van der Waals surface area contributed by atoms with Gasteiger partial charge in [0.25, 0.3) is 0 Å². The van der Waals surface area contributed by atoms with Crippen molar-refractivity contribution in [3.63, 3.8) is 0 Å². The van der Waals surface area contributed by atoms with Crippen LogP contribution in [0.3, 0.4) is 0 Å². The van der Waals surface area contributed by atoms with E-state index in [1.807, 2.05) is 0 Å². The lowest BCUT2D eigenvalue weighted by atomic mass is 9.69. The first-order valence-electron chi connectivity index (χ1n) is 6.52. The topological polar surface area (TPSA) is 38.9 Å². The minimum atomic E-state index is 0.286. The molecule has 0 aliphatic heterocycles. The third-order valence-electron chi connectivity index (χ3n) is 3.81. The van der Waals surface area contributed by atoms with E-state index in [4.69, 9.17) is 16.0 Å². The number of aromatic nitrogens is 2. The number of alkyl halides is 1. The van der Waals surface area contributed by atoms with E-state index in [1.165, 1.54) is 25.7 Å². The Hall–Kier alpha value is -0.570. The molecule has 1 saturated carbocycles. The molecule has 0 spiro atoms. The quantitative estimate of drug-likeness (QED) is 0.767. The maximum absolute atomic E-state index is 5.78. The van der Waals surface area contributed by atoms with Gasteiger partial charge in [0.15, 0.2) is 0 Å². The van der Waals surface area contributed by atoms with E-state index in [1.54, 1.807) is 0 Å². The van der Waals surface area contributed by atoms with Crippen LogP contribution in [0.4, 0.5) is 0 Å². The zero-order valence-corrected chi connectivity index (χ0v) is 11.5. The molecule has 0 amide bonds. The molecule has 1 atom stereocenters. The normalized spacial score (nSPS) is 23.8. The minimum Gasteiger partial charge on any atom is -0.425 e. The summed E-state index contributed by atoms with van der Waals surface area (Å²) in [6.07, 6.45) is 6.70. The molecule has 4 heteroatoms. The minimum absolute atomic E-state index is 0.286. The summed E-state index contributed by atoms with van der Waals surface area (Å²) in [7, 11) is 0. The Balaban J connectivity index is 2.07. The Labute approximate surface area is 108 Å². The van der Waals surface area contributed by atoms with Crippen LogP contribution in [0.2, 0.25) is 0 Å². The van der Waals surface area contributed by atoms with Crippen LogP contribution in [0.5, 0.6) is 0 Å². The Morgan fingerprint density at radius 2 is 2.18 bits per heavy atom. The van der Waals surface area contributed by atoms with Crippen molar-refractivity contribution in [3.8, 4) is 0 Å². The second-order valence-electron chi connectivity index (χ2n) is 5.61. The van der Waals surface area contributed by atoms with Gasteiger partial charge in [-0.15, -0.1) is 21.8 Å². The van der Waals surface area contributed by atoms with Crippen molar-refractivity contribution in [1.29, 1.82) is 0 Å². The third kappa shape index (κ3) is 3.01. The number of aryl methyl sites for hydroxylation is 1. The molecule has 0 aromatic carbocycles. The molecule has 0 saturated heterocycles. The summed E-state index contributed by atoms with van der Waals surface area (Å²) in [5, 5.41) is 8.35. The van der Waals surface area contributed by atoms with Crippen LogP contribution in [-0.2, 0) is 6.42 Å². The maximum atomic E-state index is 5.78. The van der Waals surface area contributed by atoms with Gasteiger partial charge in [-0.2, -0.15) is 0 Å². The molecule has 0 N–H and O–H groups in total. The molecule has 1 aliphatic rings. The summed E-state index contributed by atoms with van der Waals surface area (Å²) in [6.45, 7) is 4.61. The third-order valence-corrected chi connectivity index (χ3v) is 4.08. The number of halogens is 1. The molecule has 2 rings (SSSR count). The van der Waals surface area contributed by atoms with Crippen LogP contribution in [0.1, 0.15) is 63.7 Å². The fourth-order valence-corrected chi connectivity index (χ4v) is 2.81. The van der Waals surface area contributed by atoms with Gasteiger partial charge in [-0.3, -0.25) is 0 Å². The van der Waals surface area contributed by atoms with E-state index in [-0.39, 0.29) is 5.41 Å². The van der Waals surface area contributed by atoms with E-state index >= 15 is 0 Å². The zero-order valence-electron chi connectivity index (χ0n) is 10.7. The second kappa shape index (κ2) is 5.38. The summed E-state index contributed by atoms with van der Waals surface area (Å²) in [5.74, 6) is 2.64. The molecular weight excluding hydrogens is 236 g/mol. The highest BCUT2D eigenvalue weighted by atomic mass is 35.5. The van der Waals surface area contributed by atoms with Gasteiger partial charge < -0.3 is 4.42 Å². The van der Waals surface area contributed by atoms with Gasteiger partial charge >= 0.3 is 0 Å². The van der Waals surface area contributed by atoms with E-state index in [0.717, 1.165) is 24.6 Å². The van der Waals surface area contributed by atoms with E-state index in [2.05, 4.69) is 24.0 Å². The lowest BCUT2D eigenvalue weighted by molar-refractivity contribution is 0.171. The zero-order chi connectivity index (χ0) is 12.3. The first-order valence-corrected chi connectivity index (χ1v) is 7.05.